The van der Waals surface area contributed by atoms with E-state index in [9.17, 15) is 4.39 Å². The van der Waals surface area contributed by atoms with Crippen LogP contribution in [0.5, 0.6) is 0 Å². The second-order valence-corrected chi connectivity index (χ2v) is 6.86. The molecule has 2 heterocycles. The molecule has 134 valence electrons. The Morgan fingerprint density at radius 3 is 2.73 bits per heavy atom. The highest BCUT2D eigenvalue weighted by Gasteiger charge is 2.33. The summed E-state index contributed by atoms with van der Waals surface area (Å²) in [5, 5.41) is 0. The molecule has 2 N–H and O–H groups in total. The molecule has 26 heavy (non-hydrogen) atoms. The maximum atomic E-state index is 13.4. The van der Waals surface area contributed by atoms with Gasteiger partial charge >= 0.3 is 0 Å². The van der Waals surface area contributed by atoms with Crippen molar-refractivity contribution in [2.45, 2.75) is 12.5 Å². The van der Waals surface area contributed by atoms with Gasteiger partial charge in [-0.05, 0) is 36.2 Å². The normalized spacial score (nSPS) is 20.5. The zero-order valence-corrected chi connectivity index (χ0v) is 14.5. The van der Waals surface area contributed by atoms with Crippen molar-refractivity contribution in [3.63, 3.8) is 0 Å². The van der Waals surface area contributed by atoms with Gasteiger partial charge in [-0.25, -0.2) is 9.37 Å². The lowest BCUT2D eigenvalue weighted by atomic mass is 9.89. The molecule has 0 unspecified atom stereocenters. The molecule has 5 heteroatoms. The first-order valence-corrected chi connectivity index (χ1v) is 8.90. The van der Waals surface area contributed by atoms with Crippen LogP contribution in [0.4, 0.5) is 4.39 Å². The summed E-state index contributed by atoms with van der Waals surface area (Å²) in [7, 11) is 0. The van der Waals surface area contributed by atoms with Gasteiger partial charge in [-0.15, -0.1) is 0 Å². The number of benzene rings is 2. The van der Waals surface area contributed by atoms with E-state index >= 15 is 0 Å². The van der Waals surface area contributed by atoms with E-state index in [1.54, 1.807) is 18.4 Å². The minimum Gasteiger partial charge on any atom is -0.444 e. The summed E-state index contributed by atoms with van der Waals surface area (Å²) in [6.07, 6.45) is 1.66. The van der Waals surface area contributed by atoms with Crippen LogP contribution in [-0.4, -0.2) is 29.5 Å². The van der Waals surface area contributed by atoms with Gasteiger partial charge in [-0.3, -0.25) is 4.90 Å². The Morgan fingerprint density at radius 2 is 1.96 bits per heavy atom. The average molecular weight is 351 g/mol. The van der Waals surface area contributed by atoms with Gasteiger partial charge in [0, 0.05) is 31.1 Å². The van der Waals surface area contributed by atoms with Gasteiger partial charge in [0.1, 0.15) is 12.1 Å². The van der Waals surface area contributed by atoms with E-state index in [-0.39, 0.29) is 5.82 Å². The minimum absolute atomic E-state index is 0.293. The third kappa shape index (κ3) is 3.54. The minimum atomic E-state index is -0.293. The molecule has 1 aliphatic rings. The van der Waals surface area contributed by atoms with Crippen molar-refractivity contribution in [3.8, 4) is 11.5 Å². The zero-order valence-electron chi connectivity index (χ0n) is 14.5. The molecule has 0 bridgehead atoms. The topological polar surface area (TPSA) is 55.3 Å². The van der Waals surface area contributed by atoms with Crippen molar-refractivity contribution in [2.24, 2.45) is 11.7 Å². The lowest BCUT2D eigenvalue weighted by Gasteiger charge is -2.16. The quantitative estimate of drug-likeness (QED) is 0.762. The molecule has 4 nitrogen and oxygen atoms in total. The van der Waals surface area contributed by atoms with Crippen LogP contribution in [0.15, 0.2) is 65.3 Å². The molecule has 1 aromatic heterocycles. The number of hydrogen-bond acceptors (Lipinski definition) is 4. The summed E-state index contributed by atoms with van der Waals surface area (Å²) in [5.41, 5.74) is 8.86. The number of hydrogen-bond donors (Lipinski definition) is 1. The summed E-state index contributed by atoms with van der Waals surface area (Å²) in [5.74, 6) is 1.04. The van der Waals surface area contributed by atoms with Gasteiger partial charge in [-0.2, -0.15) is 0 Å². The Labute approximate surface area is 152 Å². The zero-order chi connectivity index (χ0) is 17.9. The Hall–Kier alpha value is -2.50. The smallest absolute Gasteiger partial charge is 0.226 e. The second kappa shape index (κ2) is 7.40. The Bertz CT molecular complexity index is 864. The lowest BCUT2D eigenvalue weighted by molar-refractivity contribution is 0.312. The van der Waals surface area contributed by atoms with Crippen LogP contribution in [0.3, 0.4) is 0 Å². The molecule has 0 spiro atoms. The monoisotopic (exact) mass is 351 g/mol. The molecular weight excluding hydrogens is 329 g/mol. The van der Waals surface area contributed by atoms with E-state index in [0.717, 1.165) is 18.8 Å². The third-order valence-corrected chi connectivity index (χ3v) is 5.06. The van der Waals surface area contributed by atoms with Crippen LogP contribution >= 0.6 is 0 Å². The molecule has 0 radical (unpaired) electrons. The predicted molar refractivity (Wildman–Crippen MR) is 98.9 cm³/mol. The first-order valence-electron chi connectivity index (χ1n) is 8.90. The molecule has 2 atom stereocenters. The Morgan fingerprint density at radius 1 is 1.12 bits per heavy atom. The standard InChI is InChI=1S/C21H22FN3O/c22-18-8-4-7-16(9-18)21-24-19(14-26-21)12-25-11-17(10-23)20(13-25)15-5-2-1-3-6-15/h1-9,14,17,20H,10-13,23H2/t17-,20+/m1/s1. The van der Waals surface area contributed by atoms with Crippen molar-refractivity contribution in [1.82, 2.24) is 9.88 Å². The van der Waals surface area contributed by atoms with Crippen molar-refractivity contribution >= 4 is 0 Å². The molecule has 1 aliphatic heterocycles. The molecule has 0 amide bonds. The number of aromatic nitrogens is 1. The summed E-state index contributed by atoms with van der Waals surface area (Å²) < 4.78 is 18.9. The number of likely N-dealkylation sites (tertiary alicyclic amines) is 1. The molecule has 1 saturated heterocycles. The van der Waals surface area contributed by atoms with E-state index in [1.165, 1.54) is 17.7 Å². The van der Waals surface area contributed by atoms with Crippen molar-refractivity contribution in [3.05, 3.63) is 77.9 Å². The van der Waals surface area contributed by atoms with E-state index in [2.05, 4.69) is 34.1 Å². The summed E-state index contributed by atoms with van der Waals surface area (Å²) in [4.78, 5) is 6.89. The van der Waals surface area contributed by atoms with Crippen molar-refractivity contribution < 1.29 is 8.81 Å². The SMILES string of the molecule is NC[C@@H]1CN(Cc2coc(-c3cccc(F)c3)n2)C[C@H]1c1ccccc1. The van der Waals surface area contributed by atoms with Crippen LogP contribution in [0.25, 0.3) is 11.5 Å². The highest BCUT2D eigenvalue weighted by Crippen LogP contribution is 2.33. The predicted octanol–water partition coefficient (Wildman–Crippen LogP) is 3.66. The van der Waals surface area contributed by atoms with Crippen LogP contribution < -0.4 is 5.73 Å². The van der Waals surface area contributed by atoms with Crippen LogP contribution in [-0.2, 0) is 6.54 Å². The van der Waals surface area contributed by atoms with Gasteiger partial charge in [-0.1, -0.05) is 36.4 Å². The largest absolute Gasteiger partial charge is 0.444 e. The first kappa shape index (κ1) is 16.9. The highest BCUT2D eigenvalue weighted by atomic mass is 19.1. The van der Waals surface area contributed by atoms with E-state index < -0.39 is 0 Å². The first-order chi connectivity index (χ1) is 12.7. The van der Waals surface area contributed by atoms with Crippen LogP contribution in [0.2, 0.25) is 0 Å². The Balaban J connectivity index is 1.47. The molecule has 0 aliphatic carbocycles. The molecule has 1 fully saturated rings. The van der Waals surface area contributed by atoms with Gasteiger partial charge in [0.25, 0.3) is 0 Å². The summed E-state index contributed by atoms with van der Waals surface area (Å²) in [6, 6.07) is 16.8. The number of nitrogens with zero attached hydrogens (tertiary/aromatic N) is 2. The third-order valence-electron chi connectivity index (χ3n) is 5.06. The molecule has 2 aromatic carbocycles. The molecular formula is C21H22FN3O. The average Bonchev–Trinajstić information content (AvgIpc) is 3.30. The maximum absolute atomic E-state index is 13.4. The van der Waals surface area contributed by atoms with Crippen LogP contribution in [0, 0.1) is 11.7 Å². The van der Waals surface area contributed by atoms with Gasteiger partial charge in [0.2, 0.25) is 5.89 Å². The number of oxazole rings is 1. The number of halogens is 1. The van der Waals surface area contributed by atoms with Crippen LogP contribution in [0.1, 0.15) is 17.2 Å². The fourth-order valence-electron chi connectivity index (χ4n) is 3.77. The van der Waals surface area contributed by atoms with Gasteiger partial charge in [0.05, 0.1) is 5.69 Å². The fraction of sp³-hybridized carbons (Fsp3) is 0.286. The molecule has 0 saturated carbocycles. The highest BCUT2D eigenvalue weighted by molar-refractivity contribution is 5.52. The second-order valence-electron chi connectivity index (χ2n) is 6.86. The Kier molecular flexibility index (Phi) is 4.82. The van der Waals surface area contributed by atoms with Gasteiger partial charge < -0.3 is 10.2 Å². The van der Waals surface area contributed by atoms with Crippen molar-refractivity contribution in [1.29, 1.82) is 0 Å². The molecule has 4 rings (SSSR count). The van der Waals surface area contributed by atoms with Crippen molar-refractivity contribution in [2.75, 3.05) is 19.6 Å². The summed E-state index contributed by atoms with van der Waals surface area (Å²) in [6.45, 7) is 3.27. The number of nitrogens with two attached hydrogens (primary N) is 1. The number of rotatable bonds is 5. The van der Waals surface area contributed by atoms with E-state index in [4.69, 9.17) is 10.2 Å². The maximum Gasteiger partial charge on any atom is 0.226 e. The fourth-order valence-corrected chi connectivity index (χ4v) is 3.77. The molecule has 3 aromatic rings. The van der Waals surface area contributed by atoms with E-state index in [0.29, 0.717) is 36.4 Å². The summed E-state index contributed by atoms with van der Waals surface area (Å²) >= 11 is 0. The lowest BCUT2D eigenvalue weighted by Crippen LogP contribution is -2.23. The van der Waals surface area contributed by atoms with E-state index in [1.807, 2.05) is 6.07 Å². The van der Waals surface area contributed by atoms with Gasteiger partial charge in [0.15, 0.2) is 0 Å².